The molecule has 0 radical (unpaired) electrons. The molecule has 1 aromatic heterocycles. The van der Waals surface area contributed by atoms with Gasteiger partial charge in [0.1, 0.15) is 5.01 Å². The number of carbonyl (C=O) groups excluding carboxylic acids is 1. The molecule has 1 heterocycles. The Labute approximate surface area is 108 Å². The van der Waals surface area contributed by atoms with E-state index in [1.54, 1.807) is 6.92 Å². The molecule has 1 aliphatic carbocycles. The average Bonchev–Trinajstić information content (AvgIpc) is 2.74. The Hall–Kier alpha value is -1.50. The fourth-order valence-electron chi connectivity index (χ4n) is 2.29. The van der Waals surface area contributed by atoms with Crippen molar-refractivity contribution in [1.82, 2.24) is 10.2 Å². The highest BCUT2D eigenvalue weighted by Gasteiger charge is 2.35. The molecule has 2 rings (SSSR count). The van der Waals surface area contributed by atoms with E-state index < -0.39 is 17.8 Å². The van der Waals surface area contributed by atoms with E-state index in [2.05, 4.69) is 15.5 Å². The van der Waals surface area contributed by atoms with Crippen LogP contribution in [0, 0.1) is 18.8 Å². The highest BCUT2D eigenvalue weighted by molar-refractivity contribution is 7.15. The minimum atomic E-state index is -0.886. The van der Waals surface area contributed by atoms with Gasteiger partial charge in [0, 0.05) is 0 Å². The first-order valence-electron chi connectivity index (χ1n) is 5.91. The van der Waals surface area contributed by atoms with Crippen LogP contribution in [0.1, 0.15) is 30.7 Å². The summed E-state index contributed by atoms with van der Waals surface area (Å²) in [5, 5.41) is 20.6. The topological polar surface area (TPSA) is 92.2 Å². The largest absolute Gasteiger partial charge is 0.481 e. The maximum Gasteiger partial charge on any atom is 0.307 e. The zero-order valence-electron chi connectivity index (χ0n) is 10.0. The van der Waals surface area contributed by atoms with Crippen LogP contribution < -0.4 is 5.32 Å². The molecule has 1 saturated carbocycles. The lowest BCUT2D eigenvalue weighted by Crippen LogP contribution is -2.36. The number of nitrogens with zero attached hydrogens (tertiary/aromatic N) is 2. The maximum absolute atomic E-state index is 12.1. The van der Waals surface area contributed by atoms with Gasteiger partial charge in [0.2, 0.25) is 11.0 Å². The van der Waals surface area contributed by atoms with Crippen LogP contribution >= 0.6 is 11.3 Å². The summed E-state index contributed by atoms with van der Waals surface area (Å²) in [6.07, 6.45) is 2.97. The van der Waals surface area contributed by atoms with Crippen LogP contribution in [0.2, 0.25) is 0 Å². The Balaban J connectivity index is 2.04. The molecule has 0 aliphatic heterocycles. The normalized spacial score (nSPS) is 23.6. The number of anilines is 1. The van der Waals surface area contributed by atoms with Crippen LogP contribution in [-0.4, -0.2) is 27.2 Å². The van der Waals surface area contributed by atoms with Crippen molar-refractivity contribution in [1.29, 1.82) is 0 Å². The second-order valence-corrected chi connectivity index (χ2v) is 5.63. The molecule has 6 nitrogen and oxygen atoms in total. The number of aromatic nitrogens is 2. The van der Waals surface area contributed by atoms with Crippen LogP contribution in [0.3, 0.4) is 0 Å². The predicted molar refractivity (Wildman–Crippen MR) is 66.4 cm³/mol. The summed E-state index contributed by atoms with van der Waals surface area (Å²) < 4.78 is 0. The Bertz CT molecular complexity index is 460. The van der Waals surface area contributed by atoms with Crippen molar-refractivity contribution < 1.29 is 14.7 Å². The molecule has 2 atom stereocenters. The molecule has 1 aromatic rings. The van der Waals surface area contributed by atoms with E-state index in [-0.39, 0.29) is 5.91 Å². The lowest BCUT2D eigenvalue weighted by atomic mass is 9.79. The van der Waals surface area contributed by atoms with Crippen LogP contribution in [0.25, 0.3) is 0 Å². The first kappa shape index (κ1) is 12.9. The van der Waals surface area contributed by atoms with Gasteiger partial charge in [-0.05, 0) is 19.8 Å². The van der Waals surface area contributed by atoms with Gasteiger partial charge in [-0.3, -0.25) is 9.59 Å². The first-order chi connectivity index (χ1) is 8.58. The summed E-state index contributed by atoms with van der Waals surface area (Å²) in [4.78, 5) is 23.2. The van der Waals surface area contributed by atoms with Crippen molar-refractivity contribution in [3.05, 3.63) is 5.01 Å². The fraction of sp³-hybridized carbons (Fsp3) is 0.636. The molecular weight excluding hydrogens is 254 g/mol. The predicted octanol–water partition coefficient (Wildman–Crippen LogP) is 1.68. The van der Waals surface area contributed by atoms with E-state index in [4.69, 9.17) is 5.11 Å². The number of aryl methyl sites for hydroxylation is 1. The summed E-state index contributed by atoms with van der Waals surface area (Å²) in [5.41, 5.74) is 0. The Morgan fingerprint density at radius 1 is 1.28 bits per heavy atom. The van der Waals surface area contributed by atoms with E-state index in [9.17, 15) is 9.59 Å². The number of carboxylic acids is 1. The van der Waals surface area contributed by atoms with Crippen LogP contribution in [-0.2, 0) is 9.59 Å². The van der Waals surface area contributed by atoms with Gasteiger partial charge in [-0.1, -0.05) is 24.2 Å². The van der Waals surface area contributed by atoms with Crippen molar-refractivity contribution in [3.63, 3.8) is 0 Å². The average molecular weight is 269 g/mol. The first-order valence-corrected chi connectivity index (χ1v) is 6.73. The van der Waals surface area contributed by atoms with Gasteiger partial charge >= 0.3 is 5.97 Å². The number of nitrogens with one attached hydrogen (secondary N) is 1. The van der Waals surface area contributed by atoms with Crippen molar-refractivity contribution in [2.45, 2.75) is 32.6 Å². The van der Waals surface area contributed by atoms with Gasteiger partial charge < -0.3 is 10.4 Å². The molecule has 0 bridgehead atoms. The zero-order valence-corrected chi connectivity index (χ0v) is 10.9. The number of aliphatic carboxylic acids is 1. The maximum atomic E-state index is 12.1. The third-order valence-electron chi connectivity index (χ3n) is 3.18. The van der Waals surface area contributed by atoms with Gasteiger partial charge in [-0.2, -0.15) is 0 Å². The summed E-state index contributed by atoms with van der Waals surface area (Å²) in [5.74, 6) is -2.17. The lowest BCUT2D eigenvalue weighted by molar-refractivity contribution is -0.147. The van der Waals surface area contributed by atoms with Gasteiger partial charge in [0.05, 0.1) is 11.8 Å². The van der Waals surface area contributed by atoms with Crippen LogP contribution in [0.15, 0.2) is 0 Å². The highest BCUT2D eigenvalue weighted by atomic mass is 32.1. The second kappa shape index (κ2) is 5.43. The number of amides is 1. The van der Waals surface area contributed by atoms with Crippen molar-refractivity contribution in [3.8, 4) is 0 Å². The fourth-order valence-corrected chi connectivity index (χ4v) is 2.88. The number of hydrogen-bond acceptors (Lipinski definition) is 5. The molecule has 1 aliphatic rings. The molecule has 0 unspecified atom stereocenters. The van der Waals surface area contributed by atoms with Gasteiger partial charge in [-0.25, -0.2) is 0 Å². The van der Waals surface area contributed by atoms with Crippen LogP contribution in [0.5, 0.6) is 0 Å². The minimum absolute atomic E-state index is 0.252. The van der Waals surface area contributed by atoms with E-state index in [0.29, 0.717) is 18.0 Å². The Kier molecular flexibility index (Phi) is 3.90. The van der Waals surface area contributed by atoms with Crippen molar-refractivity contribution >= 4 is 28.3 Å². The summed E-state index contributed by atoms with van der Waals surface area (Å²) in [6.45, 7) is 1.80. The van der Waals surface area contributed by atoms with Crippen LogP contribution in [0.4, 0.5) is 5.13 Å². The smallest absolute Gasteiger partial charge is 0.307 e. The third-order valence-corrected chi connectivity index (χ3v) is 3.93. The molecule has 98 valence electrons. The number of rotatable bonds is 3. The van der Waals surface area contributed by atoms with Gasteiger partial charge in [-0.15, -0.1) is 10.2 Å². The van der Waals surface area contributed by atoms with Gasteiger partial charge in [0.25, 0.3) is 0 Å². The number of carboxylic acid groups (broad SMARTS) is 1. The molecule has 1 amide bonds. The number of hydrogen-bond donors (Lipinski definition) is 2. The third kappa shape index (κ3) is 2.84. The molecule has 18 heavy (non-hydrogen) atoms. The molecular formula is C11H15N3O3S. The van der Waals surface area contributed by atoms with Crippen molar-refractivity contribution in [2.24, 2.45) is 11.8 Å². The molecule has 0 saturated heterocycles. The zero-order chi connectivity index (χ0) is 13.1. The number of carbonyl (C=O) groups is 2. The summed E-state index contributed by atoms with van der Waals surface area (Å²) >= 11 is 1.29. The molecule has 2 N–H and O–H groups in total. The Morgan fingerprint density at radius 2 is 1.94 bits per heavy atom. The highest BCUT2D eigenvalue weighted by Crippen LogP contribution is 2.31. The van der Waals surface area contributed by atoms with Gasteiger partial charge in [0.15, 0.2) is 0 Å². The molecule has 0 spiro atoms. The van der Waals surface area contributed by atoms with E-state index in [1.165, 1.54) is 11.3 Å². The lowest BCUT2D eigenvalue weighted by Gasteiger charge is -2.26. The summed E-state index contributed by atoms with van der Waals surface area (Å²) in [6, 6.07) is 0. The standard InChI is InChI=1S/C11H15N3O3S/c1-6-13-14-11(18-6)12-9(15)7-4-2-3-5-8(7)10(16)17/h7-8H,2-5H2,1H3,(H,16,17)(H,12,14,15)/t7-,8-/m0/s1. The molecule has 1 fully saturated rings. The van der Waals surface area contributed by atoms with E-state index in [0.717, 1.165) is 17.8 Å². The molecule has 7 heteroatoms. The summed E-state index contributed by atoms with van der Waals surface area (Å²) in [7, 11) is 0. The molecule has 0 aromatic carbocycles. The minimum Gasteiger partial charge on any atom is -0.481 e. The Morgan fingerprint density at radius 3 is 2.50 bits per heavy atom. The SMILES string of the molecule is Cc1nnc(NC(=O)[C@H]2CCCC[C@@H]2C(=O)O)s1. The monoisotopic (exact) mass is 269 g/mol. The quantitative estimate of drug-likeness (QED) is 0.870. The van der Waals surface area contributed by atoms with Crippen molar-refractivity contribution in [2.75, 3.05) is 5.32 Å². The van der Waals surface area contributed by atoms with E-state index in [1.807, 2.05) is 0 Å². The second-order valence-electron chi connectivity index (χ2n) is 4.45. The van der Waals surface area contributed by atoms with E-state index >= 15 is 0 Å².